The Bertz CT molecular complexity index is 830. The molecular weight excluding hydrogens is 377 g/mol. The van der Waals surface area contributed by atoms with E-state index >= 15 is 0 Å². The zero-order valence-electron chi connectivity index (χ0n) is 14.6. The maximum atomic E-state index is 13.4. The largest absolute Gasteiger partial charge is 0.383 e. The number of hydrogen-bond acceptors (Lipinski definition) is 4. The molecule has 0 unspecified atom stereocenters. The van der Waals surface area contributed by atoms with Gasteiger partial charge in [0.05, 0.1) is 23.6 Å². The summed E-state index contributed by atoms with van der Waals surface area (Å²) < 4.78 is 39.4. The summed E-state index contributed by atoms with van der Waals surface area (Å²) in [5.41, 5.74) is 7.38. The minimum absolute atomic E-state index is 0.0983. The molecule has 2 aliphatic rings. The lowest BCUT2D eigenvalue weighted by atomic mass is 10.1. The zero-order valence-corrected chi connectivity index (χ0v) is 15.3. The summed E-state index contributed by atoms with van der Waals surface area (Å²) >= 11 is 5.95. The molecule has 0 aromatic heterocycles. The van der Waals surface area contributed by atoms with Crippen molar-refractivity contribution >= 4 is 34.5 Å². The molecule has 2 aliphatic heterocycles. The van der Waals surface area contributed by atoms with Crippen molar-refractivity contribution in [2.75, 3.05) is 24.5 Å². The Kier molecular flexibility index (Phi) is 6.23. The Labute approximate surface area is 160 Å². The smallest absolute Gasteiger partial charge is 0.256 e. The molecule has 1 saturated heterocycles. The molecule has 2 aromatic rings. The van der Waals surface area contributed by atoms with Crippen LogP contribution in [0, 0.1) is 5.82 Å². The van der Waals surface area contributed by atoms with Gasteiger partial charge in [-0.05, 0) is 56.3 Å². The number of halogens is 4. The molecule has 3 N–H and O–H groups in total. The lowest BCUT2D eigenvalue weighted by Gasteiger charge is -2.26. The molecule has 144 valence electrons. The van der Waals surface area contributed by atoms with E-state index in [0.717, 1.165) is 6.07 Å². The van der Waals surface area contributed by atoms with Crippen LogP contribution in [0.3, 0.4) is 0 Å². The molecule has 2 heterocycles. The first-order valence-electron chi connectivity index (χ1n) is 8.66. The molecule has 0 saturated carbocycles. The average molecular weight is 397 g/mol. The lowest BCUT2D eigenvalue weighted by molar-refractivity contribution is 0.158. The fraction of sp³-hybridized carbons (Fsp3) is 0.316. The van der Waals surface area contributed by atoms with Crippen LogP contribution in [-0.4, -0.2) is 31.9 Å². The molecular formula is C19H20ClF3N4. The Balaban J connectivity index is 0.000000364. The van der Waals surface area contributed by atoms with Crippen LogP contribution in [-0.2, 0) is 0 Å². The van der Waals surface area contributed by atoms with Gasteiger partial charge in [0.15, 0.2) is 0 Å². The van der Waals surface area contributed by atoms with Gasteiger partial charge in [0, 0.05) is 16.7 Å². The van der Waals surface area contributed by atoms with Gasteiger partial charge >= 0.3 is 0 Å². The van der Waals surface area contributed by atoms with Crippen LogP contribution in [0.5, 0.6) is 0 Å². The van der Waals surface area contributed by atoms with E-state index in [2.05, 4.69) is 10.3 Å². The highest BCUT2D eigenvalue weighted by Gasteiger charge is 2.25. The van der Waals surface area contributed by atoms with Crippen LogP contribution in [0.1, 0.15) is 18.4 Å². The molecule has 1 fully saturated rings. The van der Waals surface area contributed by atoms with Crippen molar-refractivity contribution in [1.82, 2.24) is 5.32 Å². The van der Waals surface area contributed by atoms with Crippen LogP contribution in [0.15, 0.2) is 41.4 Å². The van der Waals surface area contributed by atoms with Crippen molar-refractivity contribution in [3.05, 3.63) is 52.8 Å². The van der Waals surface area contributed by atoms with Crippen LogP contribution < -0.4 is 16.0 Å². The minimum atomic E-state index is -2.58. The Morgan fingerprint density at radius 1 is 1.11 bits per heavy atom. The number of nitrogens with one attached hydrogen (secondary N) is 1. The number of benzene rings is 2. The molecule has 4 nitrogen and oxygen atoms in total. The second-order valence-corrected chi connectivity index (χ2v) is 6.69. The quantitative estimate of drug-likeness (QED) is 0.779. The van der Waals surface area contributed by atoms with Crippen molar-refractivity contribution in [3.8, 4) is 0 Å². The van der Waals surface area contributed by atoms with Crippen LogP contribution >= 0.6 is 11.6 Å². The summed E-state index contributed by atoms with van der Waals surface area (Å²) in [5, 5.41) is 3.63. The first-order valence-corrected chi connectivity index (χ1v) is 9.03. The maximum absolute atomic E-state index is 13.4. The molecule has 0 radical (unpaired) electrons. The number of amidine groups is 1. The molecule has 0 atom stereocenters. The normalized spacial score (nSPS) is 15.4. The summed E-state index contributed by atoms with van der Waals surface area (Å²) in [6.45, 7) is 1.94. The fourth-order valence-corrected chi connectivity index (χ4v) is 3.21. The number of alkyl halides is 2. The number of aliphatic imine (C=N–C) groups is 1. The summed E-state index contributed by atoms with van der Waals surface area (Å²) in [6, 6.07) is 8.50. The van der Waals surface area contributed by atoms with E-state index < -0.39 is 18.8 Å². The van der Waals surface area contributed by atoms with Gasteiger partial charge in [-0.15, -0.1) is 0 Å². The van der Waals surface area contributed by atoms with E-state index in [1.807, 2.05) is 0 Å². The van der Waals surface area contributed by atoms with Crippen molar-refractivity contribution in [2.45, 2.75) is 19.3 Å². The van der Waals surface area contributed by atoms with Crippen molar-refractivity contribution in [3.63, 3.8) is 0 Å². The first kappa shape index (κ1) is 19.5. The standard InChI is InChI=1S/C15H11ClF3N3.C4H9N/c16-8-1-3-12-10(5-8)15(20)21-11-6-9(17)2-4-13(11)22(12)7-14(18)19;1-2-4-5-3-1/h1-6,14H,7H2,(H2,20,21);5H,1-4H2. The van der Waals surface area contributed by atoms with E-state index in [1.165, 1.54) is 43.0 Å². The van der Waals surface area contributed by atoms with Crippen LogP contribution in [0.4, 0.5) is 30.2 Å². The van der Waals surface area contributed by atoms with Gasteiger partial charge in [-0.1, -0.05) is 11.6 Å². The summed E-state index contributed by atoms with van der Waals surface area (Å²) in [7, 11) is 0. The van der Waals surface area contributed by atoms with Gasteiger partial charge in [-0.2, -0.15) is 0 Å². The molecule has 0 spiro atoms. The van der Waals surface area contributed by atoms with E-state index in [4.69, 9.17) is 17.3 Å². The second kappa shape index (κ2) is 8.63. The number of nitrogens with zero attached hydrogens (tertiary/aromatic N) is 2. The highest BCUT2D eigenvalue weighted by molar-refractivity contribution is 6.31. The SMILES string of the molecule is C1CCNC1.NC1=Nc2cc(F)ccc2N(CC(F)F)c2ccc(Cl)cc21. The highest BCUT2D eigenvalue weighted by Crippen LogP contribution is 2.40. The Morgan fingerprint density at radius 2 is 1.81 bits per heavy atom. The molecule has 0 bridgehead atoms. The number of rotatable bonds is 2. The summed E-state index contributed by atoms with van der Waals surface area (Å²) in [5.74, 6) is -0.419. The molecule has 27 heavy (non-hydrogen) atoms. The van der Waals surface area contributed by atoms with Crippen LogP contribution in [0.2, 0.25) is 5.02 Å². The van der Waals surface area contributed by atoms with Gasteiger partial charge in [-0.3, -0.25) is 0 Å². The first-order chi connectivity index (χ1) is 13.0. The summed E-state index contributed by atoms with van der Waals surface area (Å²) in [6.07, 6.45) is 0.195. The third-order valence-corrected chi connectivity index (χ3v) is 4.51. The molecule has 8 heteroatoms. The van der Waals surface area contributed by atoms with E-state index in [0.29, 0.717) is 22.0 Å². The van der Waals surface area contributed by atoms with E-state index in [1.54, 1.807) is 18.2 Å². The molecule has 0 amide bonds. The topological polar surface area (TPSA) is 53.6 Å². The highest BCUT2D eigenvalue weighted by atomic mass is 35.5. The fourth-order valence-electron chi connectivity index (χ4n) is 3.04. The molecule has 4 rings (SSSR count). The van der Waals surface area contributed by atoms with Crippen molar-refractivity contribution in [2.24, 2.45) is 10.7 Å². The van der Waals surface area contributed by atoms with E-state index in [-0.39, 0.29) is 11.5 Å². The third-order valence-electron chi connectivity index (χ3n) is 4.27. The Morgan fingerprint density at radius 3 is 2.44 bits per heavy atom. The number of fused-ring (bicyclic) bond motifs is 2. The number of nitrogens with two attached hydrogens (primary N) is 1. The predicted molar refractivity (Wildman–Crippen MR) is 103 cm³/mol. The number of hydrogen-bond donors (Lipinski definition) is 2. The monoisotopic (exact) mass is 396 g/mol. The van der Waals surface area contributed by atoms with Gasteiger partial charge in [0.1, 0.15) is 11.7 Å². The van der Waals surface area contributed by atoms with Gasteiger partial charge in [0.2, 0.25) is 0 Å². The molecule has 2 aromatic carbocycles. The van der Waals surface area contributed by atoms with Gasteiger partial charge < -0.3 is 16.0 Å². The maximum Gasteiger partial charge on any atom is 0.256 e. The average Bonchev–Trinajstić information content (AvgIpc) is 3.17. The number of anilines is 2. The third kappa shape index (κ3) is 4.73. The molecule has 0 aliphatic carbocycles. The Hall–Kier alpha value is -2.25. The predicted octanol–water partition coefficient (Wildman–Crippen LogP) is 4.60. The van der Waals surface area contributed by atoms with Crippen LogP contribution in [0.25, 0.3) is 0 Å². The van der Waals surface area contributed by atoms with Gasteiger partial charge in [0.25, 0.3) is 6.43 Å². The van der Waals surface area contributed by atoms with E-state index in [9.17, 15) is 13.2 Å². The van der Waals surface area contributed by atoms with Crippen molar-refractivity contribution in [1.29, 1.82) is 0 Å². The second-order valence-electron chi connectivity index (χ2n) is 6.25. The van der Waals surface area contributed by atoms with Crippen molar-refractivity contribution < 1.29 is 13.2 Å². The lowest BCUT2D eigenvalue weighted by Crippen LogP contribution is -2.25. The summed E-state index contributed by atoms with van der Waals surface area (Å²) in [4.78, 5) is 5.52. The zero-order chi connectivity index (χ0) is 19.4. The van der Waals surface area contributed by atoms with Gasteiger partial charge in [-0.25, -0.2) is 18.2 Å². The minimum Gasteiger partial charge on any atom is -0.383 e.